The minimum atomic E-state index is 0.0448. The zero-order valence-electron chi connectivity index (χ0n) is 12.8. The molecule has 116 valence electrons. The highest BCUT2D eigenvalue weighted by atomic mass is 16.5. The molecule has 1 aliphatic heterocycles. The summed E-state index contributed by atoms with van der Waals surface area (Å²) in [7, 11) is 0. The third kappa shape index (κ3) is 2.51. The van der Waals surface area contributed by atoms with Crippen molar-refractivity contribution in [2.24, 2.45) is 0 Å². The SMILES string of the molecule is O=C(c1[nH]c2ccccc2c1-c1ccccc1)N1CCOCC1. The molecule has 1 fully saturated rings. The summed E-state index contributed by atoms with van der Waals surface area (Å²) in [5, 5.41) is 1.08. The fourth-order valence-corrected chi connectivity index (χ4v) is 3.13. The van der Waals surface area contributed by atoms with Gasteiger partial charge in [-0.2, -0.15) is 0 Å². The monoisotopic (exact) mass is 306 g/mol. The third-order valence-electron chi connectivity index (χ3n) is 4.28. The molecule has 23 heavy (non-hydrogen) atoms. The van der Waals surface area contributed by atoms with E-state index in [1.54, 1.807) is 0 Å². The number of H-pyrrole nitrogens is 1. The molecule has 0 unspecified atom stereocenters. The van der Waals surface area contributed by atoms with Gasteiger partial charge in [-0.05, 0) is 11.6 Å². The van der Waals surface area contributed by atoms with Gasteiger partial charge >= 0.3 is 0 Å². The van der Waals surface area contributed by atoms with Crippen LogP contribution >= 0.6 is 0 Å². The smallest absolute Gasteiger partial charge is 0.271 e. The van der Waals surface area contributed by atoms with Crippen LogP contribution in [0, 0.1) is 0 Å². The average Bonchev–Trinajstić information content (AvgIpc) is 3.02. The summed E-state index contributed by atoms with van der Waals surface area (Å²) in [6.07, 6.45) is 0. The standard InChI is InChI=1S/C19H18N2O2/c22-19(21-10-12-23-13-11-21)18-17(14-6-2-1-3-7-14)15-8-4-5-9-16(15)20-18/h1-9,20H,10-13H2. The average molecular weight is 306 g/mol. The van der Waals surface area contributed by atoms with Crippen LogP contribution in [0.15, 0.2) is 54.6 Å². The number of carbonyl (C=O) groups excluding carboxylic acids is 1. The molecule has 0 atom stereocenters. The van der Waals surface area contributed by atoms with Crippen molar-refractivity contribution >= 4 is 16.8 Å². The topological polar surface area (TPSA) is 45.3 Å². The maximum absolute atomic E-state index is 13.0. The first-order valence-electron chi connectivity index (χ1n) is 7.88. The minimum Gasteiger partial charge on any atom is -0.378 e. The largest absolute Gasteiger partial charge is 0.378 e. The van der Waals surface area contributed by atoms with Gasteiger partial charge in [-0.1, -0.05) is 48.5 Å². The fourth-order valence-electron chi connectivity index (χ4n) is 3.13. The van der Waals surface area contributed by atoms with Gasteiger partial charge < -0.3 is 14.6 Å². The molecule has 0 aliphatic carbocycles. The molecule has 1 N–H and O–H groups in total. The Morgan fingerprint density at radius 2 is 1.65 bits per heavy atom. The number of amides is 1. The van der Waals surface area contributed by atoms with E-state index in [4.69, 9.17) is 4.74 Å². The number of hydrogen-bond donors (Lipinski definition) is 1. The summed E-state index contributed by atoms with van der Waals surface area (Å²) in [6, 6.07) is 18.1. The van der Waals surface area contributed by atoms with Crippen molar-refractivity contribution in [3.05, 3.63) is 60.3 Å². The number of benzene rings is 2. The molecule has 1 aromatic heterocycles. The van der Waals surface area contributed by atoms with E-state index in [9.17, 15) is 4.79 Å². The van der Waals surface area contributed by atoms with Gasteiger partial charge in [0.15, 0.2) is 0 Å². The summed E-state index contributed by atoms with van der Waals surface area (Å²) in [4.78, 5) is 18.2. The molecule has 1 saturated heterocycles. The number of aromatic nitrogens is 1. The lowest BCUT2D eigenvalue weighted by molar-refractivity contribution is 0.0300. The van der Waals surface area contributed by atoms with Gasteiger partial charge in [0.05, 0.1) is 13.2 Å². The molecule has 4 heteroatoms. The molecule has 2 aromatic carbocycles. The number of para-hydroxylation sites is 1. The maximum Gasteiger partial charge on any atom is 0.271 e. The predicted octanol–water partition coefficient (Wildman–Crippen LogP) is 3.31. The fraction of sp³-hybridized carbons (Fsp3) is 0.211. The number of rotatable bonds is 2. The molecule has 4 rings (SSSR count). The molecule has 0 spiro atoms. The zero-order chi connectivity index (χ0) is 15.6. The first-order chi connectivity index (χ1) is 11.3. The summed E-state index contributed by atoms with van der Waals surface area (Å²) in [6.45, 7) is 2.49. The highest BCUT2D eigenvalue weighted by Gasteiger charge is 2.24. The van der Waals surface area contributed by atoms with Crippen LogP contribution < -0.4 is 0 Å². The second-order valence-corrected chi connectivity index (χ2v) is 5.69. The van der Waals surface area contributed by atoms with Gasteiger partial charge in [-0.15, -0.1) is 0 Å². The van der Waals surface area contributed by atoms with Crippen molar-refractivity contribution in [1.82, 2.24) is 9.88 Å². The van der Waals surface area contributed by atoms with Crippen LogP contribution in [-0.4, -0.2) is 42.1 Å². The van der Waals surface area contributed by atoms with Gasteiger partial charge in [0, 0.05) is 29.6 Å². The lowest BCUT2D eigenvalue weighted by Gasteiger charge is -2.26. The van der Waals surface area contributed by atoms with Gasteiger partial charge in [0.25, 0.3) is 5.91 Å². The van der Waals surface area contributed by atoms with Gasteiger partial charge in [-0.25, -0.2) is 0 Å². The number of nitrogens with zero attached hydrogens (tertiary/aromatic N) is 1. The number of aromatic amines is 1. The second kappa shape index (κ2) is 5.89. The van der Waals surface area contributed by atoms with Gasteiger partial charge in [-0.3, -0.25) is 4.79 Å². The third-order valence-corrected chi connectivity index (χ3v) is 4.28. The van der Waals surface area contributed by atoms with Crippen molar-refractivity contribution < 1.29 is 9.53 Å². The van der Waals surface area contributed by atoms with Gasteiger partial charge in [0.2, 0.25) is 0 Å². The van der Waals surface area contributed by atoms with E-state index < -0.39 is 0 Å². The molecule has 2 heterocycles. The van der Waals surface area contributed by atoms with E-state index >= 15 is 0 Å². The van der Waals surface area contributed by atoms with Crippen LogP contribution in [0.1, 0.15) is 10.5 Å². The summed E-state index contributed by atoms with van der Waals surface area (Å²) in [5.74, 6) is 0.0448. The molecule has 3 aromatic rings. The second-order valence-electron chi connectivity index (χ2n) is 5.69. The molecule has 1 amide bonds. The number of fused-ring (bicyclic) bond motifs is 1. The van der Waals surface area contributed by atoms with E-state index in [0.717, 1.165) is 22.0 Å². The number of nitrogens with one attached hydrogen (secondary N) is 1. The molecule has 0 radical (unpaired) electrons. The lowest BCUT2D eigenvalue weighted by Crippen LogP contribution is -2.41. The van der Waals surface area contributed by atoms with Crippen molar-refractivity contribution in [3.8, 4) is 11.1 Å². The van der Waals surface area contributed by atoms with E-state index in [2.05, 4.69) is 11.1 Å². The van der Waals surface area contributed by atoms with Crippen LogP contribution in [0.5, 0.6) is 0 Å². The number of hydrogen-bond acceptors (Lipinski definition) is 2. The predicted molar refractivity (Wildman–Crippen MR) is 90.5 cm³/mol. The van der Waals surface area contributed by atoms with Crippen molar-refractivity contribution in [3.63, 3.8) is 0 Å². The van der Waals surface area contributed by atoms with Crippen LogP contribution in [0.25, 0.3) is 22.0 Å². The number of carbonyl (C=O) groups is 1. The Bertz CT molecular complexity index is 833. The summed E-state index contributed by atoms with van der Waals surface area (Å²) >= 11 is 0. The Morgan fingerprint density at radius 1 is 0.957 bits per heavy atom. The normalized spacial score (nSPS) is 15.0. The molecule has 4 nitrogen and oxygen atoms in total. The quantitative estimate of drug-likeness (QED) is 0.789. The minimum absolute atomic E-state index is 0.0448. The Hall–Kier alpha value is -2.59. The van der Waals surface area contributed by atoms with Crippen LogP contribution in [0.3, 0.4) is 0 Å². The lowest BCUT2D eigenvalue weighted by atomic mass is 10.0. The van der Waals surface area contributed by atoms with E-state index in [1.165, 1.54) is 0 Å². The Labute approximate surface area is 134 Å². The molecule has 0 bridgehead atoms. The molecular formula is C19H18N2O2. The summed E-state index contributed by atoms with van der Waals surface area (Å²) in [5.41, 5.74) is 3.70. The van der Waals surface area contributed by atoms with Crippen molar-refractivity contribution in [2.75, 3.05) is 26.3 Å². The van der Waals surface area contributed by atoms with E-state index in [-0.39, 0.29) is 5.91 Å². The Morgan fingerprint density at radius 3 is 2.43 bits per heavy atom. The van der Waals surface area contributed by atoms with E-state index in [0.29, 0.717) is 32.0 Å². The van der Waals surface area contributed by atoms with Gasteiger partial charge in [0.1, 0.15) is 5.69 Å². The van der Waals surface area contributed by atoms with Crippen LogP contribution in [-0.2, 0) is 4.74 Å². The molecule has 0 saturated carbocycles. The van der Waals surface area contributed by atoms with Crippen LogP contribution in [0.2, 0.25) is 0 Å². The van der Waals surface area contributed by atoms with Crippen molar-refractivity contribution in [2.45, 2.75) is 0 Å². The first-order valence-corrected chi connectivity index (χ1v) is 7.88. The van der Waals surface area contributed by atoms with E-state index in [1.807, 2.05) is 53.4 Å². The molecular weight excluding hydrogens is 288 g/mol. The zero-order valence-corrected chi connectivity index (χ0v) is 12.8. The van der Waals surface area contributed by atoms with Crippen molar-refractivity contribution in [1.29, 1.82) is 0 Å². The highest BCUT2D eigenvalue weighted by Crippen LogP contribution is 2.33. The molecule has 1 aliphatic rings. The summed E-state index contributed by atoms with van der Waals surface area (Å²) < 4.78 is 5.36. The Balaban J connectivity index is 1.87. The first kappa shape index (κ1) is 14.0. The number of ether oxygens (including phenoxy) is 1. The van der Waals surface area contributed by atoms with Crippen LogP contribution in [0.4, 0.5) is 0 Å². The number of morpholine rings is 1. The highest BCUT2D eigenvalue weighted by molar-refractivity contribution is 6.09. The maximum atomic E-state index is 13.0. The Kier molecular flexibility index (Phi) is 3.60.